The number of halogens is 3. The van der Waals surface area contributed by atoms with E-state index in [2.05, 4.69) is 4.18 Å². The first-order valence-electron chi connectivity index (χ1n) is 7.39. The van der Waals surface area contributed by atoms with E-state index in [-0.39, 0.29) is 19.6 Å². The third kappa shape index (κ3) is 7.33. The van der Waals surface area contributed by atoms with Gasteiger partial charge in [-0.05, 0) is 27.7 Å². The van der Waals surface area contributed by atoms with Crippen molar-refractivity contribution in [1.29, 1.82) is 0 Å². The molecule has 0 bridgehead atoms. The van der Waals surface area contributed by atoms with Gasteiger partial charge in [0.25, 0.3) is 0 Å². The molecule has 3 atom stereocenters. The SMILES string of the molecule is CC(C)(O)O.CC1(C)OC[C@H]([C@H]2OCC[C@H]2OS(=O)(=O)C(F)(F)F)O1. The van der Waals surface area contributed by atoms with Crippen LogP contribution in [0.2, 0.25) is 0 Å². The summed E-state index contributed by atoms with van der Waals surface area (Å²) in [7, 11) is -5.65. The summed E-state index contributed by atoms with van der Waals surface area (Å²) in [5, 5.41) is 16.2. The van der Waals surface area contributed by atoms with Gasteiger partial charge in [-0.25, -0.2) is 0 Å². The molecule has 0 amide bonds. The minimum Gasteiger partial charge on any atom is -0.373 e. The summed E-state index contributed by atoms with van der Waals surface area (Å²) in [6, 6.07) is 0. The molecule has 150 valence electrons. The molecule has 2 aliphatic rings. The highest BCUT2D eigenvalue weighted by molar-refractivity contribution is 7.87. The standard InChI is InChI=1S/C10H15F3O6S.C3H8O2/c1-9(2)17-5-7(18-9)8-6(3-4-16-8)19-20(14,15)10(11,12)13;1-3(2,4)5/h6-8H,3-5H2,1-2H3;4-5H,1-2H3/t6-,7-,8+;/m1./s1. The Balaban J connectivity index is 0.000000550. The van der Waals surface area contributed by atoms with E-state index in [1.807, 2.05) is 0 Å². The van der Waals surface area contributed by atoms with E-state index in [1.165, 1.54) is 13.8 Å². The lowest BCUT2D eigenvalue weighted by Crippen LogP contribution is -2.41. The molecule has 2 rings (SSSR count). The first-order valence-corrected chi connectivity index (χ1v) is 8.80. The van der Waals surface area contributed by atoms with E-state index in [1.54, 1.807) is 13.8 Å². The molecule has 0 unspecified atom stereocenters. The predicted octanol–water partition coefficient (Wildman–Crippen LogP) is 0.869. The first kappa shape index (κ1) is 22.5. The van der Waals surface area contributed by atoms with Gasteiger partial charge in [0.05, 0.1) is 6.61 Å². The van der Waals surface area contributed by atoms with Gasteiger partial charge >= 0.3 is 15.6 Å². The molecule has 0 aliphatic carbocycles. The lowest BCUT2D eigenvalue weighted by atomic mass is 10.1. The molecule has 25 heavy (non-hydrogen) atoms. The molecule has 2 heterocycles. The van der Waals surface area contributed by atoms with E-state index in [4.69, 9.17) is 24.4 Å². The monoisotopic (exact) mass is 396 g/mol. The van der Waals surface area contributed by atoms with Gasteiger partial charge in [-0.2, -0.15) is 21.6 Å². The number of hydrogen-bond donors (Lipinski definition) is 2. The van der Waals surface area contributed by atoms with Gasteiger partial charge in [-0.1, -0.05) is 0 Å². The van der Waals surface area contributed by atoms with Crippen LogP contribution < -0.4 is 0 Å². The summed E-state index contributed by atoms with van der Waals surface area (Å²) >= 11 is 0. The van der Waals surface area contributed by atoms with E-state index >= 15 is 0 Å². The molecule has 0 aromatic heterocycles. The van der Waals surface area contributed by atoms with Gasteiger partial charge in [-0.3, -0.25) is 4.18 Å². The van der Waals surface area contributed by atoms with Crippen molar-refractivity contribution in [3.8, 4) is 0 Å². The van der Waals surface area contributed by atoms with Crippen molar-refractivity contribution in [2.75, 3.05) is 13.2 Å². The highest BCUT2D eigenvalue weighted by Gasteiger charge is 2.52. The van der Waals surface area contributed by atoms with Gasteiger partial charge in [0.1, 0.15) is 18.3 Å². The third-order valence-electron chi connectivity index (χ3n) is 3.01. The molecule has 0 spiro atoms. The van der Waals surface area contributed by atoms with Crippen LogP contribution in [-0.2, 0) is 28.5 Å². The molecular weight excluding hydrogens is 373 g/mol. The van der Waals surface area contributed by atoms with Crippen LogP contribution in [0.25, 0.3) is 0 Å². The van der Waals surface area contributed by atoms with Crippen molar-refractivity contribution in [3.05, 3.63) is 0 Å². The summed E-state index contributed by atoms with van der Waals surface area (Å²) in [6.45, 7) is 6.08. The zero-order valence-electron chi connectivity index (χ0n) is 14.2. The molecule has 0 saturated carbocycles. The lowest BCUT2D eigenvalue weighted by molar-refractivity contribution is -0.157. The average molecular weight is 396 g/mol. The zero-order valence-corrected chi connectivity index (χ0v) is 15.1. The Morgan fingerprint density at radius 1 is 1.20 bits per heavy atom. The van der Waals surface area contributed by atoms with Crippen LogP contribution in [-0.4, -0.2) is 67.2 Å². The van der Waals surface area contributed by atoms with Crippen LogP contribution in [0.5, 0.6) is 0 Å². The van der Waals surface area contributed by atoms with Gasteiger partial charge in [0, 0.05) is 13.0 Å². The maximum Gasteiger partial charge on any atom is 0.523 e. The van der Waals surface area contributed by atoms with Crippen molar-refractivity contribution in [3.63, 3.8) is 0 Å². The molecule has 2 aliphatic heterocycles. The van der Waals surface area contributed by atoms with Crippen molar-refractivity contribution in [1.82, 2.24) is 0 Å². The third-order valence-corrected chi connectivity index (χ3v) is 4.08. The normalized spacial score (nSPS) is 30.0. The highest BCUT2D eigenvalue weighted by atomic mass is 32.2. The van der Waals surface area contributed by atoms with Gasteiger partial charge in [0.15, 0.2) is 11.6 Å². The maximum atomic E-state index is 12.3. The van der Waals surface area contributed by atoms with E-state index in [9.17, 15) is 21.6 Å². The summed E-state index contributed by atoms with van der Waals surface area (Å²) in [5.74, 6) is -2.38. The number of ether oxygens (including phenoxy) is 3. The minimum absolute atomic E-state index is 0.0419. The Bertz CT molecular complexity index is 534. The topological polar surface area (TPSA) is 112 Å². The van der Waals surface area contributed by atoms with Gasteiger partial charge in [-0.15, -0.1) is 0 Å². The Morgan fingerprint density at radius 2 is 1.72 bits per heavy atom. The van der Waals surface area contributed by atoms with Crippen LogP contribution in [0, 0.1) is 0 Å². The van der Waals surface area contributed by atoms with E-state index in [0.29, 0.717) is 0 Å². The van der Waals surface area contributed by atoms with Crippen molar-refractivity contribution in [2.45, 2.75) is 69.5 Å². The molecule has 0 aromatic rings. The summed E-state index contributed by atoms with van der Waals surface area (Å²) in [4.78, 5) is 0. The van der Waals surface area contributed by atoms with Crippen LogP contribution in [0.3, 0.4) is 0 Å². The van der Waals surface area contributed by atoms with Gasteiger partial charge in [0.2, 0.25) is 0 Å². The quantitative estimate of drug-likeness (QED) is 0.411. The smallest absolute Gasteiger partial charge is 0.373 e. The van der Waals surface area contributed by atoms with Crippen molar-refractivity contribution < 1.29 is 50.2 Å². The number of rotatable bonds is 3. The molecular formula is C13H23F3O8S. The molecule has 0 radical (unpaired) electrons. The molecule has 8 nitrogen and oxygen atoms in total. The molecule has 2 fully saturated rings. The number of aliphatic hydroxyl groups is 2. The molecule has 2 saturated heterocycles. The second-order valence-corrected chi connectivity index (χ2v) is 8.08. The highest BCUT2D eigenvalue weighted by Crippen LogP contribution is 2.34. The first-order chi connectivity index (χ1) is 11.0. The lowest BCUT2D eigenvalue weighted by Gasteiger charge is -2.24. The average Bonchev–Trinajstić information content (AvgIpc) is 2.91. The Morgan fingerprint density at radius 3 is 2.12 bits per heavy atom. The Hall–Kier alpha value is -0.500. The van der Waals surface area contributed by atoms with Crippen LogP contribution >= 0.6 is 0 Å². The largest absolute Gasteiger partial charge is 0.523 e. The number of hydrogen-bond acceptors (Lipinski definition) is 8. The fraction of sp³-hybridized carbons (Fsp3) is 1.00. The van der Waals surface area contributed by atoms with E-state index < -0.39 is 45.5 Å². The van der Waals surface area contributed by atoms with Crippen LogP contribution in [0.1, 0.15) is 34.1 Å². The molecule has 12 heteroatoms. The second-order valence-electron chi connectivity index (χ2n) is 6.52. The Kier molecular flexibility index (Phi) is 6.87. The molecule has 2 N–H and O–H groups in total. The summed E-state index contributed by atoms with van der Waals surface area (Å²) in [5.41, 5.74) is -5.45. The number of alkyl halides is 3. The van der Waals surface area contributed by atoms with E-state index in [0.717, 1.165) is 0 Å². The van der Waals surface area contributed by atoms with Crippen LogP contribution in [0.15, 0.2) is 0 Å². The van der Waals surface area contributed by atoms with Crippen LogP contribution in [0.4, 0.5) is 13.2 Å². The fourth-order valence-electron chi connectivity index (χ4n) is 2.14. The molecule has 0 aromatic carbocycles. The second kappa shape index (κ2) is 7.62. The van der Waals surface area contributed by atoms with Crippen molar-refractivity contribution in [2.24, 2.45) is 0 Å². The fourth-order valence-corrected chi connectivity index (χ4v) is 2.78. The maximum absolute atomic E-state index is 12.3. The van der Waals surface area contributed by atoms with Gasteiger partial charge < -0.3 is 24.4 Å². The Labute approximate surface area is 143 Å². The minimum atomic E-state index is -5.65. The zero-order chi connectivity index (χ0) is 19.7. The predicted molar refractivity (Wildman–Crippen MR) is 77.6 cm³/mol. The summed E-state index contributed by atoms with van der Waals surface area (Å²) in [6.07, 6.45) is -2.76. The van der Waals surface area contributed by atoms with Crippen molar-refractivity contribution >= 4 is 10.1 Å². The summed E-state index contributed by atoms with van der Waals surface area (Å²) < 4.78 is 79.2.